The summed E-state index contributed by atoms with van der Waals surface area (Å²) < 4.78 is 0. The highest BCUT2D eigenvalue weighted by Crippen LogP contribution is 2.26. The van der Waals surface area contributed by atoms with Gasteiger partial charge in [-0.25, -0.2) is 0 Å². The largest absolute Gasteiger partial charge is 0.285 e. The molecule has 0 saturated heterocycles. The summed E-state index contributed by atoms with van der Waals surface area (Å²) >= 11 is 1.67. The predicted octanol–water partition coefficient (Wildman–Crippen LogP) is 3.68. The lowest BCUT2D eigenvalue weighted by atomic mass is 10.0. The highest BCUT2D eigenvalue weighted by atomic mass is 32.2. The molecule has 0 spiro atoms. The third-order valence-electron chi connectivity index (χ3n) is 2.24. The van der Waals surface area contributed by atoms with Crippen LogP contribution in [0.2, 0.25) is 0 Å². The number of aromatic nitrogens is 2. The molecule has 0 amide bonds. The molecule has 0 aliphatic carbocycles. The number of rotatable bonds is 3. The van der Waals surface area contributed by atoms with Crippen LogP contribution in [0.3, 0.4) is 0 Å². The third kappa shape index (κ3) is 2.63. The van der Waals surface area contributed by atoms with Crippen LogP contribution in [-0.2, 0) is 0 Å². The molecule has 0 saturated carbocycles. The first-order chi connectivity index (χ1) is 7.25. The standard InChI is InChI=1S/C12H14N2S/c1-9(2)10-3-5-11(6-4-10)15-12-7-8-13-14-12/h3-9H,1-2H3,(H,13,14). The summed E-state index contributed by atoms with van der Waals surface area (Å²) in [6.07, 6.45) is 1.84. The maximum absolute atomic E-state index is 4.11. The molecule has 0 radical (unpaired) electrons. The van der Waals surface area contributed by atoms with Crippen molar-refractivity contribution in [2.24, 2.45) is 0 Å². The fraction of sp³-hybridized carbons (Fsp3) is 0.250. The normalized spacial score (nSPS) is 10.9. The molecular formula is C12H14N2S. The lowest BCUT2D eigenvalue weighted by Gasteiger charge is -2.05. The molecule has 78 valence electrons. The van der Waals surface area contributed by atoms with Crippen molar-refractivity contribution in [3.05, 3.63) is 42.1 Å². The summed E-state index contributed by atoms with van der Waals surface area (Å²) in [7, 11) is 0. The summed E-state index contributed by atoms with van der Waals surface area (Å²) in [4.78, 5) is 1.23. The first-order valence-electron chi connectivity index (χ1n) is 5.03. The van der Waals surface area contributed by atoms with E-state index < -0.39 is 0 Å². The van der Waals surface area contributed by atoms with E-state index in [2.05, 4.69) is 48.3 Å². The zero-order valence-electron chi connectivity index (χ0n) is 8.90. The first-order valence-corrected chi connectivity index (χ1v) is 5.85. The van der Waals surface area contributed by atoms with Crippen molar-refractivity contribution < 1.29 is 0 Å². The second-order valence-corrected chi connectivity index (χ2v) is 4.83. The molecule has 0 atom stereocenters. The molecule has 0 fully saturated rings. The number of benzene rings is 1. The van der Waals surface area contributed by atoms with Gasteiger partial charge in [-0.15, -0.1) is 0 Å². The van der Waals surface area contributed by atoms with Crippen molar-refractivity contribution >= 4 is 11.8 Å². The summed E-state index contributed by atoms with van der Waals surface area (Å²) in [5.74, 6) is 0.592. The minimum absolute atomic E-state index is 0.592. The lowest BCUT2D eigenvalue weighted by Crippen LogP contribution is -1.85. The zero-order chi connectivity index (χ0) is 10.7. The summed E-state index contributed by atoms with van der Waals surface area (Å²) in [5.41, 5.74) is 1.38. The Balaban J connectivity index is 2.11. The third-order valence-corrected chi connectivity index (χ3v) is 3.19. The fourth-order valence-corrected chi connectivity index (χ4v) is 2.09. The van der Waals surface area contributed by atoms with Crippen molar-refractivity contribution in [2.45, 2.75) is 29.7 Å². The van der Waals surface area contributed by atoms with Gasteiger partial charge in [-0.2, -0.15) is 5.10 Å². The molecule has 0 unspecified atom stereocenters. The van der Waals surface area contributed by atoms with Crippen LogP contribution in [-0.4, -0.2) is 10.2 Å². The predicted molar refractivity (Wildman–Crippen MR) is 63.2 cm³/mol. The molecule has 3 heteroatoms. The van der Waals surface area contributed by atoms with Gasteiger partial charge in [-0.05, 0) is 29.7 Å². The number of hydrogen-bond donors (Lipinski definition) is 1. The number of nitrogens with zero attached hydrogens (tertiary/aromatic N) is 1. The van der Waals surface area contributed by atoms with Gasteiger partial charge in [0, 0.05) is 11.1 Å². The SMILES string of the molecule is CC(C)c1ccc(Sc2cc[nH]n2)cc1. The van der Waals surface area contributed by atoms with Crippen LogP contribution in [0.5, 0.6) is 0 Å². The molecule has 0 bridgehead atoms. The summed E-state index contributed by atoms with van der Waals surface area (Å²) in [6.45, 7) is 4.41. The summed E-state index contributed by atoms with van der Waals surface area (Å²) in [5, 5.41) is 7.92. The van der Waals surface area contributed by atoms with Gasteiger partial charge in [-0.1, -0.05) is 37.7 Å². The number of nitrogens with one attached hydrogen (secondary N) is 1. The molecular weight excluding hydrogens is 204 g/mol. The van der Waals surface area contributed by atoms with Crippen molar-refractivity contribution in [3.8, 4) is 0 Å². The van der Waals surface area contributed by atoms with Crippen molar-refractivity contribution in [1.29, 1.82) is 0 Å². The molecule has 2 rings (SSSR count). The average molecular weight is 218 g/mol. The molecule has 1 heterocycles. The Labute approximate surface area is 94.1 Å². The van der Waals surface area contributed by atoms with Gasteiger partial charge < -0.3 is 0 Å². The molecule has 15 heavy (non-hydrogen) atoms. The van der Waals surface area contributed by atoms with Crippen LogP contribution in [0.1, 0.15) is 25.3 Å². The Kier molecular flexibility index (Phi) is 3.11. The Hall–Kier alpha value is -1.22. The van der Waals surface area contributed by atoms with E-state index in [1.54, 1.807) is 11.8 Å². The minimum Gasteiger partial charge on any atom is -0.285 e. The van der Waals surface area contributed by atoms with E-state index in [4.69, 9.17) is 0 Å². The van der Waals surface area contributed by atoms with E-state index in [0.29, 0.717) is 5.92 Å². The Morgan fingerprint density at radius 1 is 1.13 bits per heavy atom. The van der Waals surface area contributed by atoms with E-state index >= 15 is 0 Å². The van der Waals surface area contributed by atoms with Crippen LogP contribution in [0.25, 0.3) is 0 Å². The van der Waals surface area contributed by atoms with Crippen molar-refractivity contribution in [2.75, 3.05) is 0 Å². The molecule has 2 aromatic rings. The molecule has 0 aliphatic rings. The van der Waals surface area contributed by atoms with Crippen LogP contribution in [0.4, 0.5) is 0 Å². The second-order valence-electron chi connectivity index (χ2n) is 3.74. The van der Waals surface area contributed by atoms with Gasteiger partial charge in [0.1, 0.15) is 5.03 Å². The highest BCUT2D eigenvalue weighted by molar-refractivity contribution is 7.99. The molecule has 1 aromatic heterocycles. The van der Waals surface area contributed by atoms with Crippen LogP contribution in [0, 0.1) is 0 Å². The topological polar surface area (TPSA) is 28.7 Å². The smallest absolute Gasteiger partial charge is 0.123 e. The molecule has 2 nitrogen and oxygen atoms in total. The van der Waals surface area contributed by atoms with Gasteiger partial charge in [-0.3, -0.25) is 5.10 Å². The average Bonchev–Trinajstić information content (AvgIpc) is 2.71. The van der Waals surface area contributed by atoms with Crippen LogP contribution in [0.15, 0.2) is 46.5 Å². The lowest BCUT2D eigenvalue weighted by molar-refractivity contribution is 0.865. The Morgan fingerprint density at radius 3 is 2.40 bits per heavy atom. The molecule has 1 N–H and O–H groups in total. The van der Waals surface area contributed by atoms with E-state index in [9.17, 15) is 0 Å². The van der Waals surface area contributed by atoms with E-state index in [1.165, 1.54) is 10.5 Å². The fourth-order valence-electron chi connectivity index (χ4n) is 1.35. The number of aromatic amines is 1. The Morgan fingerprint density at radius 2 is 1.87 bits per heavy atom. The van der Waals surface area contributed by atoms with E-state index in [0.717, 1.165) is 5.03 Å². The maximum Gasteiger partial charge on any atom is 0.123 e. The van der Waals surface area contributed by atoms with Gasteiger partial charge in [0.25, 0.3) is 0 Å². The van der Waals surface area contributed by atoms with Gasteiger partial charge in [0.05, 0.1) is 0 Å². The summed E-state index contributed by atoms with van der Waals surface area (Å²) in [6, 6.07) is 10.6. The highest BCUT2D eigenvalue weighted by Gasteiger charge is 2.01. The molecule has 1 aromatic carbocycles. The molecule has 0 aliphatic heterocycles. The monoisotopic (exact) mass is 218 g/mol. The maximum atomic E-state index is 4.11. The second kappa shape index (κ2) is 4.53. The first kappa shape index (κ1) is 10.3. The van der Waals surface area contributed by atoms with Gasteiger partial charge in [0.2, 0.25) is 0 Å². The van der Waals surface area contributed by atoms with Crippen LogP contribution < -0.4 is 0 Å². The van der Waals surface area contributed by atoms with Gasteiger partial charge >= 0.3 is 0 Å². The minimum atomic E-state index is 0.592. The van der Waals surface area contributed by atoms with E-state index in [1.807, 2.05) is 12.3 Å². The Bertz CT molecular complexity index is 404. The quantitative estimate of drug-likeness (QED) is 0.851. The van der Waals surface area contributed by atoms with Crippen molar-refractivity contribution in [1.82, 2.24) is 10.2 Å². The zero-order valence-corrected chi connectivity index (χ0v) is 9.71. The number of H-pyrrole nitrogens is 1. The van der Waals surface area contributed by atoms with Crippen molar-refractivity contribution in [3.63, 3.8) is 0 Å². The van der Waals surface area contributed by atoms with E-state index in [-0.39, 0.29) is 0 Å². The van der Waals surface area contributed by atoms with Crippen LogP contribution >= 0.6 is 11.8 Å². The van der Waals surface area contributed by atoms with Gasteiger partial charge in [0.15, 0.2) is 0 Å². The number of hydrogen-bond acceptors (Lipinski definition) is 2.